The third kappa shape index (κ3) is 4.54. The number of methoxy groups -OCH3 is 1. The van der Waals surface area contributed by atoms with Crippen LogP contribution in [0.2, 0.25) is 0 Å². The maximum Gasteiger partial charge on any atom is 0.161 e. The van der Waals surface area contributed by atoms with E-state index in [1.165, 1.54) is 0 Å². The second-order valence-electron chi connectivity index (χ2n) is 3.34. The summed E-state index contributed by atoms with van der Waals surface area (Å²) in [5.74, 6) is 3.19. The summed E-state index contributed by atoms with van der Waals surface area (Å²) < 4.78 is 10.8. The van der Waals surface area contributed by atoms with Gasteiger partial charge in [-0.05, 0) is 12.1 Å². The zero-order valence-corrected chi connectivity index (χ0v) is 11.2. The van der Waals surface area contributed by atoms with Crippen molar-refractivity contribution in [3.05, 3.63) is 24.3 Å². The van der Waals surface area contributed by atoms with Crippen molar-refractivity contribution in [2.45, 2.75) is 12.2 Å². The van der Waals surface area contributed by atoms with Gasteiger partial charge in [0.15, 0.2) is 11.5 Å². The number of halogens is 1. The monoisotopic (exact) mass is 260 g/mol. The highest BCUT2D eigenvalue weighted by molar-refractivity contribution is 7.99. The third-order valence-corrected chi connectivity index (χ3v) is 3.81. The lowest BCUT2D eigenvalue weighted by molar-refractivity contribution is 0.313. The van der Waals surface area contributed by atoms with E-state index in [0.717, 1.165) is 17.3 Å². The summed E-state index contributed by atoms with van der Waals surface area (Å²) in [6.07, 6.45) is 0. The Hall–Kier alpha value is -0.540. The fourth-order valence-electron chi connectivity index (χ4n) is 1.18. The fourth-order valence-corrected chi connectivity index (χ4v) is 2.12. The topological polar surface area (TPSA) is 18.5 Å². The van der Waals surface area contributed by atoms with Crippen LogP contribution >= 0.6 is 23.4 Å². The molecule has 1 aromatic carbocycles. The van der Waals surface area contributed by atoms with Crippen molar-refractivity contribution in [3.63, 3.8) is 0 Å². The molecule has 0 aliphatic carbocycles. The first-order chi connectivity index (χ1) is 7.77. The fraction of sp³-hybridized carbons (Fsp3) is 0.500. The van der Waals surface area contributed by atoms with Gasteiger partial charge in [0.1, 0.15) is 0 Å². The van der Waals surface area contributed by atoms with Gasteiger partial charge in [0.25, 0.3) is 0 Å². The standard InChI is InChI=1S/C12H17ClO2S/c1-10(9-13)16-8-7-15-12-6-4-3-5-11(12)14-2/h3-6,10H,7-9H2,1-2H3. The van der Waals surface area contributed by atoms with E-state index in [-0.39, 0.29) is 0 Å². The molecule has 0 spiro atoms. The lowest BCUT2D eigenvalue weighted by atomic mass is 10.3. The zero-order valence-electron chi connectivity index (χ0n) is 9.61. The Balaban J connectivity index is 2.31. The number of para-hydroxylation sites is 2. The van der Waals surface area contributed by atoms with E-state index >= 15 is 0 Å². The molecule has 1 rings (SSSR count). The lowest BCUT2D eigenvalue weighted by Crippen LogP contribution is -2.06. The first kappa shape index (κ1) is 13.5. The molecular formula is C12H17ClO2S. The minimum absolute atomic E-state index is 0.475. The van der Waals surface area contributed by atoms with Gasteiger partial charge in [0.05, 0.1) is 13.7 Å². The van der Waals surface area contributed by atoms with Crippen molar-refractivity contribution in [1.29, 1.82) is 0 Å². The number of alkyl halides is 1. The van der Waals surface area contributed by atoms with Gasteiger partial charge in [-0.1, -0.05) is 19.1 Å². The Morgan fingerprint density at radius 1 is 1.31 bits per heavy atom. The van der Waals surface area contributed by atoms with Crippen molar-refractivity contribution in [2.75, 3.05) is 25.3 Å². The van der Waals surface area contributed by atoms with Crippen LogP contribution in [-0.2, 0) is 0 Å². The normalized spacial score (nSPS) is 12.2. The molecular weight excluding hydrogens is 244 g/mol. The second kappa shape index (κ2) is 7.69. The predicted octanol–water partition coefficient (Wildman–Crippen LogP) is 3.43. The van der Waals surface area contributed by atoms with Crippen LogP contribution < -0.4 is 9.47 Å². The Kier molecular flexibility index (Phi) is 6.50. The molecule has 0 saturated carbocycles. The van der Waals surface area contributed by atoms with Gasteiger partial charge in [0.2, 0.25) is 0 Å². The molecule has 0 N–H and O–H groups in total. The summed E-state index contributed by atoms with van der Waals surface area (Å²) in [6, 6.07) is 7.67. The summed E-state index contributed by atoms with van der Waals surface area (Å²) in [5, 5.41) is 0.475. The molecule has 16 heavy (non-hydrogen) atoms. The largest absolute Gasteiger partial charge is 0.493 e. The maximum absolute atomic E-state index is 5.71. The van der Waals surface area contributed by atoms with Crippen molar-refractivity contribution >= 4 is 23.4 Å². The molecule has 0 radical (unpaired) electrons. The molecule has 0 aromatic heterocycles. The summed E-state index contributed by atoms with van der Waals surface area (Å²) in [7, 11) is 1.65. The highest BCUT2D eigenvalue weighted by Crippen LogP contribution is 2.25. The van der Waals surface area contributed by atoms with Gasteiger partial charge in [-0.2, -0.15) is 11.8 Å². The van der Waals surface area contributed by atoms with Gasteiger partial charge in [-0.15, -0.1) is 11.6 Å². The summed E-state index contributed by atoms with van der Waals surface area (Å²) >= 11 is 7.53. The highest BCUT2D eigenvalue weighted by atomic mass is 35.5. The van der Waals surface area contributed by atoms with Gasteiger partial charge in [-0.25, -0.2) is 0 Å². The van der Waals surface area contributed by atoms with Crippen molar-refractivity contribution in [2.24, 2.45) is 0 Å². The van der Waals surface area contributed by atoms with E-state index in [2.05, 4.69) is 6.92 Å². The Labute approximate surface area is 106 Å². The molecule has 0 bridgehead atoms. The zero-order chi connectivity index (χ0) is 11.8. The van der Waals surface area contributed by atoms with Gasteiger partial charge in [-0.3, -0.25) is 0 Å². The minimum atomic E-state index is 0.475. The Bertz CT molecular complexity index is 307. The van der Waals surface area contributed by atoms with Crippen LogP contribution in [0.15, 0.2) is 24.3 Å². The molecule has 1 atom stereocenters. The molecule has 1 unspecified atom stereocenters. The second-order valence-corrected chi connectivity index (χ2v) is 5.19. The van der Waals surface area contributed by atoms with Crippen LogP contribution in [0.4, 0.5) is 0 Å². The van der Waals surface area contributed by atoms with Crippen LogP contribution in [0.25, 0.3) is 0 Å². The van der Waals surface area contributed by atoms with Crippen LogP contribution in [0.3, 0.4) is 0 Å². The Morgan fingerprint density at radius 3 is 2.62 bits per heavy atom. The number of thioether (sulfide) groups is 1. The van der Waals surface area contributed by atoms with E-state index in [1.54, 1.807) is 7.11 Å². The molecule has 0 fully saturated rings. The molecule has 0 saturated heterocycles. The highest BCUT2D eigenvalue weighted by Gasteiger charge is 2.03. The molecule has 2 nitrogen and oxygen atoms in total. The van der Waals surface area contributed by atoms with Crippen LogP contribution in [0, 0.1) is 0 Å². The lowest BCUT2D eigenvalue weighted by Gasteiger charge is -2.11. The average molecular weight is 261 g/mol. The van der Waals surface area contributed by atoms with E-state index < -0.39 is 0 Å². The summed E-state index contributed by atoms with van der Waals surface area (Å²) in [6.45, 7) is 2.78. The SMILES string of the molecule is COc1ccccc1OCCSC(C)CCl. The molecule has 90 valence electrons. The van der Waals surface area contributed by atoms with Crippen molar-refractivity contribution in [1.82, 2.24) is 0 Å². The molecule has 0 aliphatic rings. The average Bonchev–Trinajstić information content (AvgIpc) is 2.34. The number of hydrogen-bond acceptors (Lipinski definition) is 3. The first-order valence-corrected chi connectivity index (χ1v) is 6.79. The number of benzene rings is 1. The van der Waals surface area contributed by atoms with Crippen LogP contribution in [-0.4, -0.2) is 30.6 Å². The Morgan fingerprint density at radius 2 is 2.00 bits per heavy atom. The smallest absolute Gasteiger partial charge is 0.161 e. The number of ether oxygens (including phenoxy) is 2. The van der Waals surface area contributed by atoms with E-state index in [4.69, 9.17) is 21.1 Å². The van der Waals surface area contributed by atoms with Crippen LogP contribution in [0.1, 0.15) is 6.92 Å². The number of rotatable bonds is 7. The summed E-state index contributed by atoms with van der Waals surface area (Å²) in [4.78, 5) is 0. The molecule has 4 heteroatoms. The maximum atomic E-state index is 5.71. The third-order valence-electron chi connectivity index (χ3n) is 2.03. The van der Waals surface area contributed by atoms with Crippen molar-refractivity contribution in [3.8, 4) is 11.5 Å². The number of hydrogen-bond donors (Lipinski definition) is 0. The molecule has 0 heterocycles. The minimum Gasteiger partial charge on any atom is -0.493 e. The van der Waals surface area contributed by atoms with Crippen molar-refractivity contribution < 1.29 is 9.47 Å². The predicted molar refractivity (Wildman–Crippen MR) is 71.1 cm³/mol. The van der Waals surface area contributed by atoms with Crippen LogP contribution in [0.5, 0.6) is 11.5 Å². The molecule has 0 amide bonds. The molecule has 1 aromatic rings. The van der Waals surface area contributed by atoms with Gasteiger partial charge in [0, 0.05) is 16.9 Å². The van der Waals surface area contributed by atoms with Gasteiger partial charge >= 0.3 is 0 Å². The summed E-state index contributed by atoms with van der Waals surface area (Å²) in [5.41, 5.74) is 0. The van der Waals surface area contributed by atoms with E-state index in [1.807, 2.05) is 36.0 Å². The molecule has 0 aliphatic heterocycles. The first-order valence-electron chi connectivity index (χ1n) is 5.21. The van der Waals surface area contributed by atoms with E-state index in [9.17, 15) is 0 Å². The quantitative estimate of drug-likeness (QED) is 0.553. The van der Waals surface area contributed by atoms with Gasteiger partial charge < -0.3 is 9.47 Å². The van der Waals surface area contributed by atoms with E-state index in [0.29, 0.717) is 17.7 Å².